The summed E-state index contributed by atoms with van der Waals surface area (Å²) in [5, 5.41) is 8.09. The predicted molar refractivity (Wildman–Crippen MR) is 189 cm³/mol. The summed E-state index contributed by atoms with van der Waals surface area (Å²) in [6.45, 7) is 3.50. The fraction of sp³-hybridized carbons (Fsp3) is 0.389. The maximum absolute atomic E-state index is 13.6. The number of carboxylic acids is 1. The SMILES string of the molecule is Cc1ccc(S(=O)(=O)Nc2cc(-c3ccc4ncc5c(c4c3)C3(CCC3)C(=O)N5C)cnc2N2CCC(N(C)C)CC2)cc1.O=C(O)C(F)(F)F. The Morgan fingerprint density at radius 2 is 1.65 bits per heavy atom. The Labute approximate surface area is 294 Å². The van der Waals surface area contributed by atoms with Crippen molar-refractivity contribution in [3.63, 3.8) is 0 Å². The predicted octanol–water partition coefficient (Wildman–Crippen LogP) is 5.97. The van der Waals surface area contributed by atoms with Crippen molar-refractivity contribution in [1.29, 1.82) is 0 Å². The average Bonchev–Trinajstić information content (AvgIpc) is 3.31. The van der Waals surface area contributed by atoms with Crippen molar-refractivity contribution in [3.05, 3.63) is 72.1 Å². The summed E-state index contributed by atoms with van der Waals surface area (Å²) in [4.78, 5) is 38.2. The summed E-state index contributed by atoms with van der Waals surface area (Å²) in [6, 6.07) is 15.3. The van der Waals surface area contributed by atoms with Crippen LogP contribution < -0.4 is 14.5 Å². The summed E-state index contributed by atoms with van der Waals surface area (Å²) in [6.07, 6.45) is 3.22. The second kappa shape index (κ2) is 13.4. The number of carboxylic acid groups (broad SMARTS) is 1. The average molecular weight is 725 g/mol. The molecule has 1 saturated carbocycles. The number of amides is 1. The number of pyridine rings is 2. The number of sulfonamides is 1. The zero-order valence-corrected chi connectivity index (χ0v) is 29.5. The van der Waals surface area contributed by atoms with Crippen LogP contribution in [0.4, 0.5) is 30.4 Å². The maximum Gasteiger partial charge on any atom is 0.490 e. The number of rotatable bonds is 6. The minimum Gasteiger partial charge on any atom is -0.475 e. The third kappa shape index (κ3) is 6.84. The number of hydrogen-bond acceptors (Lipinski definition) is 8. The second-order valence-electron chi connectivity index (χ2n) is 13.5. The summed E-state index contributed by atoms with van der Waals surface area (Å²) in [5.74, 6) is -1.98. The number of alkyl halides is 3. The van der Waals surface area contributed by atoms with Crippen molar-refractivity contribution in [2.24, 2.45) is 0 Å². The lowest BCUT2D eigenvalue weighted by Gasteiger charge is -2.37. The number of halogens is 3. The molecule has 4 aromatic rings. The number of likely N-dealkylation sites (N-methyl/N-ethyl adjacent to an activating group) is 1. The van der Waals surface area contributed by atoms with Gasteiger partial charge in [-0.3, -0.25) is 14.5 Å². The van der Waals surface area contributed by atoms with Gasteiger partial charge in [0, 0.05) is 48.9 Å². The quantitative estimate of drug-likeness (QED) is 0.247. The first kappa shape index (κ1) is 36.0. The van der Waals surface area contributed by atoms with E-state index in [4.69, 9.17) is 14.9 Å². The minimum atomic E-state index is -5.08. The van der Waals surface area contributed by atoms with Gasteiger partial charge in [0.1, 0.15) is 0 Å². The summed E-state index contributed by atoms with van der Waals surface area (Å²) in [7, 11) is 2.18. The van der Waals surface area contributed by atoms with Crippen LogP contribution in [0.2, 0.25) is 0 Å². The Balaban J connectivity index is 0.000000582. The topological polar surface area (TPSA) is 136 Å². The number of hydrogen-bond donors (Lipinski definition) is 2. The highest BCUT2D eigenvalue weighted by atomic mass is 32.2. The van der Waals surface area contributed by atoms with Gasteiger partial charge in [-0.05, 0) is 82.6 Å². The first-order chi connectivity index (χ1) is 24.0. The third-order valence-electron chi connectivity index (χ3n) is 10.1. The molecule has 2 N–H and O–H groups in total. The molecule has 1 amide bonds. The van der Waals surface area contributed by atoms with Crippen LogP contribution in [0.25, 0.3) is 22.0 Å². The molecule has 2 aromatic heterocycles. The smallest absolute Gasteiger partial charge is 0.475 e. The highest BCUT2D eigenvalue weighted by Gasteiger charge is 2.54. The number of aryl methyl sites for hydroxylation is 1. The lowest BCUT2D eigenvalue weighted by atomic mass is 9.64. The van der Waals surface area contributed by atoms with Crippen LogP contribution >= 0.6 is 0 Å². The molecule has 1 spiro atoms. The van der Waals surface area contributed by atoms with E-state index in [0.29, 0.717) is 17.5 Å². The van der Waals surface area contributed by atoms with E-state index in [1.165, 1.54) is 0 Å². The number of nitrogens with one attached hydrogen (secondary N) is 1. The molecule has 7 rings (SSSR count). The largest absolute Gasteiger partial charge is 0.490 e. The van der Waals surface area contributed by atoms with Crippen LogP contribution in [0, 0.1) is 6.92 Å². The molecule has 11 nitrogen and oxygen atoms in total. The van der Waals surface area contributed by atoms with Crippen LogP contribution in [0.3, 0.4) is 0 Å². The van der Waals surface area contributed by atoms with Gasteiger partial charge in [-0.1, -0.05) is 30.2 Å². The Kier molecular flexibility index (Phi) is 9.48. The van der Waals surface area contributed by atoms with Crippen molar-refractivity contribution in [2.45, 2.75) is 61.6 Å². The number of piperidine rings is 1. The van der Waals surface area contributed by atoms with Crippen LogP contribution in [0.1, 0.15) is 43.2 Å². The van der Waals surface area contributed by atoms with E-state index in [1.807, 2.05) is 44.6 Å². The van der Waals surface area contributed by atoms with Crippen molar-refractivity contribution in [3.8, 4) is 11.1 Å². The zero-order valence-electron chi connectivity index (χ0n) is 28.7. The normalized spacial score (nSPS) is 17.3. The highest BCUT2D eigenvalue weighted by molar-refractivity contribution is 7.92. The van der Waals surface area contributed by atoms with E-state index < -0.39 is 27.6 Å². The highest BCUT2D eigenvalue weighted by Crippen LogP contribution is 2.55. The maximum atomic E-state index is 13.6. The van der Waals surface area contributed by atoms with E-state index >= 15 is 0 Å². The molecular formula is C36H39F3N6O5S. The Hall–Kier alpha value is -4.76. The molecule has 4 heterocycles. The molecule has 2 aromatic carbocycles. The molecular weight excluding hydrogens is 685 g/mol. The van der Waals surface area contributed by atoms with Crippen molar-refractivity contribution in [1.82, 2.24) is 14.9 Å². The van der Waals surface area contributed by atoms with Crippen LogP contribution in [-0.2, 0) is 25.0 Å². The molecule has 1 aliphatic carbocycles. The minimum absolute atomic E-state index is 0.148. The van der Waals surface area contributed by atoms with Gasteiger partial charge in [-0.2, -0.15) is 13.2 Å². The van der Waals surface area contributed by atoms with Gasteiger partial charge in [-0.25, -0.2) is 18.2 Å². The van der Waals surface area contributed by atoms with Gasteiger partial charge >= 0.3 is 12.1 Å². The fourth-order valence-electron chi connectivity index (χ4n) is 7.11. The van der Waals surface area contributed by atoms with Gasteiger partial charge in [0.05, 0.1) is 33.4 Å². The monoisotopic (exact) mass is 724 g/mol. The number of fused-ring (bicyclic) bond motifs is 4. The van der Waals surface area contributed by atoms with E-state index in [-0.39, 0.29) is 10.8 Å². The van der Waals surface area contributed by atoms with E-state index in [0.717, 1.165) is 84.0 Å². The number of aromatic nitrogens is 2. The Morgan fingerprint density at radius 1 is 1.00 bits per heavy atom. The van der Waals surface area contributed by atoms with Crippen LogP contribution in [0.5, 0.6) is 0 Å². The molecule has 0 unspecified atom stereocenters. The summed E-state index contributed by atoms with van der Waals surface area (Å²) in [5.41, 5.74) is 5.44. The standard InChI is InChI=1S/C34H38N6O3S.C2HF3O2/c1-22-6-9-26(10-7-22)44(42,43)37-29-19-24(20-36-32(29)40-16-12-25(13-17-40)38(2)3)23-8-11-28-27(18-23)31-30(21-35-28)39(4)33(41)34(31)14-5-15-34;3-2(4,5)1(6)7/h6-11,18-21,25,37H,5,12-17H2,1-4H3;(H,6,7). The molecule has 51 heavy (non-hydrogen) atoms. The fourth-order valence-corrected chi connectivity index (χ4v) is 8.16. The lowest BCUT2D eigenvalue weighted by molar-refractivity contribution is -0.192. The summed E-state index contributed by atoms with van der Waals surface area (Å²) < 4.78 is 61.8. The lowest BCUT2D eigenvalue weighted by Crippen LogP contribution is -2.43. The molecule has 15 heteroatoms. The second-order valence-corrected chi connectivity index (χ2v) is 15.2. The van der Waals surface area contributed by atoms with Gasteiger partial charge in [-0.15, -0.1) is 0 Å². The summed E-state index contributed by atoms with van der Waals surface area (Å²) >= 11 is 0. The number of benzene rings is 2. The third-order valence-corrected chi connectivity index (χ3v) is 11.5. The number of anilines is 3. The first-order valence-corrected chi connectivity index (χ1v) is 18.0. The molecule has 2 fully saturated rings. The Morgan fingerprint density at radius 3 is 2.22 bits per heavy atom. The van der Waals surface area contributed by atoms with Gasteiger partial charge in [0.2, 0.25) is 5.91 Å². The van der Waals surface area contributed by atoms with Gasteiger partial charge in [0.15, 0.2) is 5.82 Å². The molecule has 270 valence electrons. The molecule has 1 saturated heterocycles. The number of nitrogens with zero attached hydrogens (tertiary/aromatic N) is 5. The van der Waals surface area contributed by atoms with Gasteiger partial charge < -0.3 is 19.8 Å². The number of carbonyl (C=O) groups is 2. The zero-order chi connectivity index (χ0) is 36.9. The van der Waals surface area contributed by atoms with E-state index in [9.17, 15) is 26.4 Å². The van der Waals surface area contributed by atoms with Crippen LogP contribution in [0.15, 0.2) is 65.8 Å². The van der Waals surface area contributed by atoms with Crippen LogP contribution in [-0.4, -0.2) is 86.7 Å². The molecule has 0 radical (unpaired) electrons. The molecule has 2 aliphatic heterocycles. The first-order valence-electron chi connectivity index (χ1n) is 16.5. The Bertz CT molecular complexity index is 2100. The van der Waals surface area contributed by atoms with Crippen molar-refractivity contribution in [2.75, 3.05) is 48.8 Å². The van der Waals surface area contributed by atoms with E-state index in [1.54, 1.807) is 29.2 Å². The van der Waals surface area contributed by atoms with E-state index in [2.05, 4.69) is 39.7 Å². The van der Waals surface area contributed by atoms with Crippen molar-refractivity contribution < 1.29 is 36.3 Å². The van der Waals surface area contributed by atoms with Crippen molar-refractivity contribution >= 4 is 50.0 Å². The molecule has 3 aliphatic rings. The molecule has 0 atom stereocenters. The molecule has 0 bridgehead atoms. The van der Waals surface area contributed by atoms with Gasteiger partial charge in [0.25, 0.3) is 10.0 Å². The number of aliphatic carboxylic acids is 1. The number of carbonyl (C=O) groups excluding carboxylic acids is 1.